The molecule has 0 aromatic heterocycles. The average molecular weight is 200 g/mol. The highest BCUT2D eigenvalue weighted by Crippen LogP contribution is 2.34. The van der Waals surface area contributed by atoms with Crippen molar-refractivity contribution < 1.29 is 27.4 Å². The number of halogens is 3. The van der Waals surface area contributed by atoms with Crippen molar-refractivity contribution in [2.45, 2.75) is 25.6 Å². The second kappa shape index (κ2) is 3.95. The number of hydrogen-bond acceptors (Lipinski definition) is 3. The largest absolute Gasteiger partial charge is 0.466 e. The molecule has 0 aliphatic carbocycles. The zero-order valence-electron chi connectivity index (χ0n) is 7.57. The van der Waals surface area contributed by atoms with E-state index in [4.69, 9.17) is 0 Å². The zero-order chi connectivity index (χ0) is 10.7. The number of carbonyl (C=O) groups excluding carboxylic acids is 1. The van der Waals surface area contributed by atoms with E-state index in [-0.39, 0.29) is 0 Å². The molecule has 0 spiro atoms. The molecule has 0 aliphatic rings. The standard InChI is InChI=1S/C7H11F3O3/c1-4-13-7(9,10)6(2,8)5(11)12-3/h4H2,1-3H3. The van der Waals surface area contributed by atoms with Gasteiger partial charge in [-0.15, -0.1) is 0 Å². The Hall–Kier alpha value is -0.780. The highest BCUT2D eigenvalue weighted by Gasteiger charge is 2.59. The van der Waals surface area contributed by atoms with E-state index in [1.54, 1.807) is 0 Å². The molecule has 0 radical (unpaired) electrons. The molecule has 3 nitrogen and oxygen atoms in total. The van der Waals surface area contributed by atoms with Gasteiger partial charge in [-0.05, 0) is 13.8 Å². The lowest BCUT2D eigenvalue weighted by Crippen LogP contribution is -2.50. The molecule has 0 aromatic carbocycles. The summed E-state index contributed by atoms with van der Waals surface area (Å²) in [6.07, 6.45) is -4.17. The molecular formula is C7H11F3O3. The summed E-state index contributed by atoms with van der Waals surface area (Å²) in [6, 6.07) is 0. The Morgan fingerprint density at radius 2 is 1.85 bits per heavy atom. The van der Waals surface area contributed by atoms with Gasteiger partial charge in [-0.25, -0.2) is 9.18 Å². The SMILES string of the molecule is CCOC(F)(F)C(C)(F)C(=O)OC. The van der Waals surface area contributed by atoms with Crippen molar-refractivity contribution in [3.8, 4) is 0 Å². The fourth-order valence-corrected chi connectivity index (χ4v) is 0.627. The average Bonchev–Trinajstić information content (AvgIpc) is 2.02. The Morgan fingerprint density at radius 1 is 1.38 bits per heavy atom. The Bertz CT molecular complexity index is 191. The fraction of sp³-hybridized carbons (Fsp3) is 0.857. The normalized spacial score (nSPS) is 16.5. The molecule has 78 valence electrons. The van der Waals surface area contributed by atoms with Crippen LogP contribution in [0.4, 0.5) is 13.2 Å². The van der Waals surface area contributed by atoms with Crippen LogP contribution in [0.1, 0.15) is 13.8 Å². The molecule has 0 saturated heterocycles. The Labute approximate surface area is 73.8 Å². The lowest BCUT2D eigenvalue weighted by atomic mass is 10.1. The summed E-state index contributed by atoms with van der Waals surface area (Å²) in [5, 5.41) is 0. The van der Waals surface area contributed by atoms with Crippen molar-refractivity contribution >= 4 is 5.97 Å². The highest BCUT2D eigenvalue weighted by atomic mass is 19.3. The van der Waals surface area contributed by atoms with Crippen LogP contribution in [-0.4, -0.2) is 31.5 Å². The van der Waals surface area contributed by atoms with E-state index in [9.17, 15) is 18.0 Å². The van der Waals surface area contributed by atoms with Gasteiger partial charge < -0.3 is 9.47 Å². The van der Waals surface area contributed by atoms with Gasteiger partial charge in [-0.2, -0.15) is 8.78 Å². The second-order valence-corrected chi connectivity index (χ2v) is 2.44. The lowest BCUT2D eigenvalue weighted by Gasteiger charge is -2.26. The van der Waals surface area contributed by atoms with Crippen molar-refractivity contribution in [2.24, 2.45) is 0 Å². The predicted octanol–water partition coefficient (Wildman–Crippen LogP) is 1.52. The first kappa shape index (κ1) is 12.2. The number of hydrogen-bond donors (Lipinski definition) is 0. The summed E-state index contributed by atoms with van der Waals surface area (Å²) in [7, 11) is 0.822. The minimum Gasteiger partial charge on any atom is -0.466 e. The molecular weight excluding hydrogens is 189 g/mol. The van der Waals surface area contributed by atoms with Crippen LogP contribution in [0.15, 0.2) is 0 Å². The Morgan fingerprint density at radius 3 is 2.15 bits per heavy atom. The summed E-state index contributed by atoms with van der Waals surface area (Å²) in [6.45, 7) is 1.28. The topological polar surface area (TPSA) is 35.5 Å². The molecule has 0 fully saturated rings. The molecule has 0 N–H and O–H groups in total. The summed E-state index contributed by atoms with van der Waals surface area (Å²) in [5.74, 6) is -1.66. The van der Waals surface area contributed by atoms with E-state index in [1.165, 1.54) is 6.92 Å². The number of methoxy groups -OCH3 is 1. The third kappa shape index (κ3) is 2.33. The fourth-order valence-electron chi connectivity index (χ4n) is 0.627. The van der Waals surface area contributed by atoms with Gasteiger partial charge in [0.1, 0.15) is 0 Å². The van der Waals surface area contributed by atoms with Gasteiger partial charge in [0.2, 0.25) is 0 Å². The first-order chi connectivity index (χ1) is 5.79. The van der Waals surface area contributed by atoms with Gasteiger partial charge in [0.05, 0.1) is 13.7 Å². The molecule has 0 saturated carbocycles. The maximum Gasteiger partial charge on any atom is 0.400 e. The van der Waals surface area contributed by atoms with Crippen LogP contribution in [-0.2, 0) is 14.3 Å². The van der Waals surface area contributed by atoms with E-state index in [0.29, 0.717) is 6.92 Å². The van der Waals surface area contributed by atoms with E-state index in [0.717, 1.165) is 7.11 Å². The predicted molar refractivity (Wildman–Crippen MR) is 38.1 cm³/mol. The van der Waals surface area contributed by atoms with E-state index < -0.39 is 24.4 Å². The molecule has 0 heterocycles. The van der Waals surface area contributed by atoms with Crippen LogP contribution in [0.5, 0.6) is 0 Å². The first-order valence-electron chi connectivity index (χ1n) is 3.58. The number of esters is 1. The minimum absolute atomic E-state index is 0.399. The smallest absolute Gasteiger partial charge is 0.400 e. The summed E-state index contributed by atoms with van der Waals surface area (Å²) in [4.78, 5) is 10.6. The summed E-state index contributed by atoms with van der Waals surface area (Å²) >= 11 is 0. The third-order valence-electron chi connectivity index (χ3n) is 1.44. The van der Waals surface area contributed by atoms with Crippen LogP contribution in [0.25, 0.3) is 0 Å². The van der Waals surface area contributed by atoms with Crippen molar-refractivity contribution in [2.75, 3.05) is 13.7 Å². The molecule has 1 atom stereocenters. The maximum atomic E-state index is 13.1. The second-order valence-electron chi connectivity index (χ2n) is 2.44. The summed E-state index contributed by atoms with van der Waals surface area (Å²) < 4.78 is 46.3. The zero-order valence-corrected chi connectivity index (χ0v) is 7.57. The van der Waals surface area contributed by atoms with Gasteiger partial charge >= 0.3 is 12.1 Å². The van der Waals surface area contributed by atoms with Gasteiger partial charge in [0, 0.05) is 0 Å². The van der Waals surface area contributed by atoms with Crippen LogP contribution < -0.4 is 0 Å². The van der Waals surface area contributed by atoms with Crippen molar-refractivity contribution in [1.29, 1.82) is 0 Å². The highest BCUT2D eigenvalue weighted by molar-refractivity contribution is 5.79. The molecule has 0 amide bonds. The number of carbonyl (C=O) groups is 1. The van der Waals surface area contributed by atoms with E-state index in [1.807, 2.05) is 0 Å². The van der Waals surface area contributed by atoms with Crippen LogP contribution in [0, 0.1) is 0 Å². The first-order valence-corrected chi connectivity index (χ1v) is 3.58. The molecule has 0 aromatic rings. The molecule has 0 aliphatic heterocycles. The lowest BCUT2D eigenvalue weighted by molar-refractivity contribution is -0.299. The van der Waals surface area contributed by atoms with Crippen LogP contribution in [0.2, 0.25) is 0 Å². The van der Waals surface area contributed by atoms with Crippen molar-refractivity contribution in [1.82, 2.24) is 0 Å². The molecule has 0 rings (SSSR count). The number of ether oxygens (including phenoxy) is 2. The van der Waals surface area contributed by atoms with Gasteiger partial charge in [-0.3, -0.25) is 0 Å². The number of rotatable bonds is 4. The van der Waals surface area contributed by atoms with Crippen molar-refractivity contribution in [3.63, 3.8) is 0 Å². The van der Waals surface area contributed by atoms with Gasteiger partial charge in [-0.1, -0.05) is 0 Å². The van der Waals surface area contributed by atoms with Gasteiger partial charge in [0.15, 0.2) is 0 Å². The third-order valence-corrected chi connectivity index (χ3v) is 1.44. The minimum atomic E-state index is -4.17. The van der Waals surface area contributed by atoms with Crippen LogP contribution >= 0.6 is 0 Å². The Kier molecular flexibility index (Phi) is 3.71. The van der Waals surface area contributed by atoms with E-state index in [2.05, 4.69) is 9.47 Å². The quantitative estimate of drug-likeness (QED) is 0.645. The van der Waals surface area contributed by atoms with Gasteiger partial charge in [0.25, 0.3) is 5.67 Å². The molecule has 6 heteroatoms. The van der Waals surface area contributed by atoms with E-state index >= 15 is 0 Å². The monoisotopic (exact) mass is 200 g/mol. The Balaban J connectivity index is 4.69. The van der Waals surface area contributed by atoms with Crippen molar-refractivity contribution in [3.05, 3.63) is 0 Å². The molecule has 0 bridgehead atoms. The molecule has 13 heavy (non-hydrogen) atoms. The van der Waals surface area contributed by atoms with Crippen LogP contribution in [0.3, 0.4) is 0 Å². The maximum absolute atomic E-state index is 13.1. The number of alkyl halides is 3. The summed E-state index contributed by atoms with van der Waals surface area (Å²) in [5.41, 5.74) is -3.46. The molecule has 1 unspecified atom stereocenters.